The summed E-state index contributed by atoms with van der Waals surface area (Å²) in [6.07, 6.45) is 3.37. The van der Waals surface area contributed by atoms with Gasteiger partial charge in [-0.1, -0.05) is 34.1 Å². The first kappa shape index (κ1) is 15.6. The Bertz CT molecular complexity index is 600. The standard InChI is InChI=1S/C18H23BrN2O2/c19-15-4-2-1-3-13(15)16-12-21(9-10-23-16)17(22)14-11-18(14)5-7-20-8-6-18/h1-4,14,16,20H,5-12H2/t14-,16-/m0/s1. The molecule has 5 heteroatoms. The van der Waals surface area contributed by atoms with E-state index in [2.05, 4.69) is 27.3 Å². The average molecular weight is 379 g/mol. The smallest absolute Gasteiger partial charge is 0.226 e. The number of amides is 1. The average Bonchev–Trinajstić information content (AvgIpc) is 3.28. The Morgan fingerprint density at radius 1 is 1.30 bits per heavy atom. The van der Waals surface area contributed by atoms with E-state index >= 15 is 0 Å². The van der Waals surface area contributed by atoms with Crippen LogP contribution in [-0.2, 0) is 9.53 Å². The number of carbonyl (C=O) groups excluding carboxylic acids is 1. The van der Waals surface area contributed by atoms with E-state index in [0.29, 0.717) is 24.5 Å². The number of ether oxygens (including phenoxy) is 1. The summed E-state index contributed by atoms with van der Waals surface area (Å²) in [4.78, 5) is 15.0. The van der Waals surface area contributed by atoms with Crippen LogP contribution in [0.3, 0.4) is 0 Å². The van der Waals surface area contributed by atoms with Gasteiger partial charge in [-0.05, 0) is 49.4 Å². The van der Waals surface area contributed by atoms with Gasteiger partial charge < -0.3 is 15.0 Å². The monoisotopic (exact) mass is 378 g/mol. The van der Waals surface area contributed by atoms with Gasteiger partial charge >= 0.3 is 0 Å². The highest BCUT2D eigenvalue weighted by Crippen LogP contribution is 2.59. The number of benzene rings is 1. The number of hydrogen-bond acceptors (Lipinski definition) is 3. The Balaban J connectivity index is 1.44. The second-order valence-electron chi connectivity index (χ2n) is 7.03. The molecular formula is C18H23BrN2O2. The van der Waals surface area contributed by atoms with Gasteiger partial charge in [-0.15, -0.1) is 0 Å². The van der Waals surface area contributed by atoms with Crippen molar-refractivity contribution in [3.8, 4) is 0 Å². The predicted octanol–water partition coefficient (Wildman–Crippen LogP) is 2.74. The largest absolute Gasteiger partial charge is 0.370 e. The van der Waals surface area contributed by atoms with Gasteiger partial charge in [-0.2, -0.15) is 0 Å². The SMILES string of the molecule is O=C([C@@H]1CC12CCNCC2)N1CCO[C@H](c2ccccc2Br)C1. The maximum atomic E-state index is 12.9. The Morgan fingerprint density at radius 2 is 2.09 bits per heavy atom. The molecule has 1 saturated carbocycles. The maximum absolute atomic E-state index is 12.9. The van der Waals surface area contributed by atoms with Crippen molar-refractivity contribution >= 4 is 21.8 Å². The lowest BCUT2D eigenvalue weighted by Gasteiger charge is -2.34. The van der Waals surface area contributed by atoms with Crippen LogP contribution in [0.1, 0.15) is 30.9 Å². The number of nitrogens with zero attached hydrogens (tertiary/aromatic N) is 1. The zero-order valence-electron chi connectivity index (χ0n) is 13.3. The zero-order valence-corrected chi connectivity index (χ0v) is 14.8. The summed E-state index contributed by atoms with van der Waals surface area (Å²) in [6, 6.07) is 8.14. The molecule has 1 aromatic rings. The Morgan fingerprint density at radius 3 is 2.87 bits per heavy atom. The van der Waals surface area contributed by atoms with Gasteiger partial charge in [-0.3, -0.25) is 4.79 Å². The summed E-state index contributed by atoms with van der Waals surface area (Å²) in [6.45, 7) is 4.15. The van der Waals surface area contributed by atoms with E-state index in [9.17, 15) is 4.79 Å². The van der Waals surface area contributed by atoms with Crippen LogP contribution in [0.2, 0.25) is 0 Å². The number of hydrogen-bond donors (Lipinski definition) is 1. The lowest BCUT2D eigenvalue weighted by molar-refractivity contribution is -0.141. The fourth-order valence-corrected chi connectivity index (χ4v) is 4.71. The number of carbonyl (C=O) groups is 1. The lowest BCUT2D eigenvalue weighted by Crippen LogP contribution is -2.44. The van der Waals surface area contributed by atoms with Crippen molar-refractivity contribution < 1.29 is 9.53 Å². The Labute approximate surface area is 145 Å². The van der Waals surface area contributed by atoms with E-state index in [0.717, 1.165) is 48.9 Å². The summed E-state index contributed by atoms with van der Waals surface area (Å²) in [5.74, 6) is 0.606. The molecule has 0 bridgehead atoms. The molecule has 23 heavy (non-hydrogen) atoms. The summed E-state index contributed by atoms with van der Waals surface area (Å²) < 4.78 is 6.98. The van der Waals surface area contributed by atoms with Crippen LogP contribution in [0.4, 0.5) is 0 Å². The van der Waals surface area contributed by atoms with Crippen LogP contribution in [-0.4, -0.2) is 43.6 Å². The molecule has 4 nitrogen and oxygen atoms in total. The summed E-state index contributed by atoms with van der Waals surface area (Å²) in [5.41, 5.74) is 1.45. The van der Waals surface area contributed by atoms with Crippen molar-refractivity contribution in [3.63, 3.8) is 0 Å². The minimum atomic E-state index is -0.0222. The third-order valence-electron chi connectivity index (χ3n) is 5.72. The first-order valence-electron chi connectivity index (χ1n) is 8.55. The van der Waals surface area contributed by atoms with Crippen molar-refractivity contribution in [1.82, 2.24) is 10.2 Å². The van der Waals surface area contributed by atoms with Crippen molar-refractivity contribution in [3.05, 3.63) is 34.3 Å². The molecule has 0 radical (unpaired) electrons. The number of rotatable bonds is 2. The Hall–Kier alpha value is -0.910. The highest BCUT2D eigenvalue weighted by molar-refractivity contribution is 9.10. The van der Waals surface area contributed by atoms with Crippen molar-refractivity contribution in [2.45, 2.75) is 25.4 Å². The van der Waals surface area contributed by atoms with Crippen LogP contribution in [0.15, 0.2) is 28.7 Å². The van der Waals surface area contributed by atoms with E-state index in [-0.39, 0.29) is 12.0 Å². The van der Waals surface area contributed by atoms with Crippen LogP contribution in [0, 0.1) is 11.3 Å². The molecule has 4 rings (SSSR count). The maximum Gasteiger partial charge on any atom is 0.226 e. The molecule has 2 aliphatic heterocycles. The minimum Gasteiger partial charge on any atom is -0.370 e. The molecule has 2 atom stereocenters. The van der Waals surface area contributed by atoms with Gasteiger partial charge in [0.2, 0.25) is 5.91 Å². The van der Waals surface area contributed by atoms with E-state index in [1.165, 1.54) is 0 Å². The third kappa shape index (κ3) is 2.94. The van der Waals surface area contributed by atoms with Crippen LogP contribution < -0.4 is 5.32 Å². The molecule has 3 fully saturated rings. The quantitative estimate of drug-likeness (QED) is 0.859. The highest BCUT2D eigenvalue weighted by atomic mass is 79.9. The van der Waals surface area contributed by atoms with Gasteiger partial charge in [0.1, 0.15) is 6.10 Å². The van der Waals surface area contributed by atoms with Crippen molar-refractivity contribution in [1.29, 1.82) is 0 Å². The van der Waals surface area contributed by atoms with Gasteiger partial charge in [-0.25, -0.2) is 0 Å². The van der Waals surface area contributed by atoms with E-state index < -0.39 is 0 Å². The molecule has 124 valence electrons. The Kier molecular flexibility index (Phi) is 4.20. The van der Waals surface area contributed by atoms with E-state index in [1.54, 1.807) is 0 Å². The van der Waals surface area contributed by atoms with Crippen LogP contribution >= 0.6 is 15.9 Å². The highest BCUT2D eigenvalue weighted by Gasteiger charge is 2.58. The molecule has 0 aromatic heterocycles. The molecular weight excluding hydrogens is 356 g/mol. The van der Waals surface area contributed by atoms with Crippen molar-refractivity contribution in [2.24, 2.45) is 11.3 Å². The first-order valence-corrected chi connectivity index (χ1v) is 9.34. The fraction of sp³-hybridized carbons (Fsp3) is 0.611. The number of piperidine rings is 1. The second kappa shape index (κ2) is 6.19. The van der Waals surface area contributed by atoms with Gasteiger partial charge in [0.05, 0.1) is 13.2 Å². The summed E-state index contributed by atoms with van der Waals surface area (Å²) in [5, 5.41) is 3.40. The van der Waals surface area contributed by atoms with Gasteiger partial charge in [0, 0.05) is 16.9 Å². The van der Waals surface area contributed by atoms with Gasteiger partial charge in [0.15, 0.2) is 0 Å². The number of morpholine rings is 1. The molecule has 0 unspecified atom stereocenters. The lowest BCUT2D eigenvalue weighted by atomic mass is 9.91. The fourth-order valence-electron chi connectivity index (χ4n) is 4.17. The molecule has 1 aromatic carbocycles. The molecule has 1 spiro atoms. The van der Waals surface area contributed by atoms with Crippen molar-refractivity contribution in [2.75, 3.05) is 32.8 Å². The van der Waals surface area contributed by atoms with Crippen LogP contribution in [0.5, 0.6) is 0 Å². The second-order valence-corrected chi connectivity index (χ2v) is 7.89. The zero-order chi connectivity index (χ0) is 15.9. The first-order chi connectivity index (χ1) is 11.2. The number of nitrogens with one attached hydrogen (secondary N) is 1. The molecule has 1 aliphatic carbocycles. The molecule has 1 N–H and O–H groups in total. The summed E-state index contributed by atoms with van der Waals surface area (Å²) >= 11 is 3.60. The number of halogens is 1. The van der Waals surface area contributed by atoms with E-state index in [1.807, 2.05) is 23.1 Å². The van der Waals surface area contributed by atoms with E-state index in [4.69, 9.17) is 4.74 Å². The predicted molar refractivity (Wildman–Crippen MR) is 92.1 cm³/mol. The molecule has 1 amide bonds. The minimum absolute atomic E-state index is 0.0222. The normalized spacial score (nSPS) is 29.5. The third-order valence-corrected chi connectivity index (χ3v) is 6.44. The van der Waals surface area contributed by atoms with Crippen LogP contribution in [0.25, 0.3) is 0 Å². The molecule has 3 aliphatic rings. The summed E-state index contributed by atoms with van der Waals surface area (Å²) in [7, 11) is 0. The van der Waals surface area contributed by atoms with Gasteiger partial charge in [0.25, 0.3) is 0 Å². The molecule has 2 heterocycles. The molecule has 2 saturated heterocycles. The topological polar surface area (TPSA) is 41.6 Å².